The van der Waals surface area contributed by atoms with E-state index in [0.717, 1.165) is 22.2 Å². The Balaban J connectivity index is 1.68. The third kappa shape index (κ3) is 6.81. The van der Waals surface area contributed by atoms with E-state index in [1.165, 1.54) is 6.92 Å². The molecule has 2 aromatic carbocycles. The number of rotatable bonds is 11. The molecule has 0 radical (unpaired) electrons. The van der Waals surface area contributed by atoms with Gasteiger partial charge in [-0.2, -0.15) is 0 Å². The fourth-order valence-corrected chi connectivity index (χ4v) is 7.14. The molecule has 1 aromatic heterocycles. The van der Waals surface area contributed by atoms with Gasteiger partial charge < -0.3 is 23.6 Å². The molecule has 228 valence electrons. The number of hydrogen-bond acceptors (Lipinski definition) is 9. The monoisotopic (exact) mass is 645 g/mol. The van der Waals surface area contributed by atoms with Crippen LogP contribution in [-0.2, 0) is 30.6 Å². The quantitative estimate of drug-likeness (QED) is 0.211. The number of carbonyl (C=O) groups is 1. The molecule has 0 spiro atoms. The van der Waals surface area contributed by atoms with Gasteiger partial charge in [0, 0.05) is 17.6 Å². The minimum absolute atomic E-state index is 0.284. The van der Waals surface area contributed by atoms with Crippen LogP contribution in [0.15, 0.2) is 64.3 Å². The van der Waals surface area contributed by atoms with Gasteiger partial charge in [0.25, 0.3) is 5.56 Å². The van der Waals surface area contributed by atoms with Crippen LogP contribution in [0.25, 0.3) is 10.8 Å². The van der Waals surface area contributed by atoms with Crippen molar-refractivity contribution in [2.45, 2.75) is 62.9 Å². The van der Waals surface area contributed by atoms with Gasteiger partial charge in [-0.3, -0.25) is 19.1 Å². The van der Waals surface area contributed by atoms with E-state index in [4.69, 9.17) is 30.3 Å². The van der Waals surface area contributed by atoms with Crippen LogP contribution in [0.4, 0.5) is 8.78 Å². The highest BCUT2D eigenvalue weighted by Crippen LogP contribution is 2.51. The van der Waals surface area contributed by atoms with Crippen LogP contribution in [0.2, 0.25) is 0 Å². The van der Waals surface area contributed by atoms with Crippen molar-refractivity contribution in [3.05, 3.63) is 75.6 Å². The van der Waals surface area contributed by atoms with Crippen molar-refractivity contribution < 1.29 is 37.2 Å². The molecule has 0 saturated carbocycles. The molecule has 2 heterocycles. The lowest BCUT2D eigenvalue weighted by atomic mass is 9.99. The number of aliphatic hydroxyl groups is 1. The number of nitrogens with zero attached hydrogens (tertiary/aromatic N) is 1. The summed E-state index contributed by atoms with van der Waals surface area (Å²) in [4.78, 5) is 38.4. The topological polar surface area (TPSA) is 141 Å². The summed E-state index contributed by atoms with van der Waals surface area (Å²) in [6.45, 7) is 0.0843. The van der Waals surface area contributed by atoms with E-state index in [0.29, 0.717) is 5.39 Å². The molecule has 0 aliphatic carbocycles. The van der Waals surface area contributed by atoms with E-state index in [9.17, 15) is 19.5 Å². The molecule has 1 saturated heterocycles. The average Bonchev–Trinajstić information content (AvgIpc) is 3.18. The van der Waals surface area contributed by atoms with Crippen LogP contribution in [0.3, 0.4) is 0 Å². The first kappa shape index (κ1) is 32.3. The summed E-state index contributed by atoms with van der Waals surface area (Å²) in [5, 5.41) is 15.0. The van der Waals surface area contributed by atoms with Gasteiger partial charge in [-0.1, -0.05) is 45.6 Å². The smallest absolute Gasteiger partial charge is 0.330 e. The van der Waals surface area contributed by atoms with E-state index in [-0.39, 0.29) is 5.75 Å². The molecule has 1 aliphatic heterocycles. The summed E-state index contributed by atoms with van der Waals surface area (Å²) in [5.74, 6) is -2.55. The number of halogens is 2. The van der Waals surface area contributed by atoms with Gasteiger partial charge >= 0.3 is 18.3 Å². The zero-order valence-electron chi connectivity index (χ0n) is 22.8. The normalized spacial score (nSPS) is 25.2. The van der Waals surface area contributed by atoms with Gasteiger partial charge in [-0.05, 0) is 44.0 Å². The Morgan fingerprint density at radius 3 is 2.60 bits per heavy atom. The number of carbonyl (C=O) groups excluding carboxylic acids is 1. The number of alkyl halides is 2. The molecule has 16 heteroatoms. The van der Waals surface area contributed by atoms with E-state index in [1.54, 1.807) is 47.4 Å². The molecule has 0 amide bonds. The lowest BCUT2D eigenvalue weighted by Crippen LogP contribution is -2.50. The summed E-state index contributed by atoms with van der Waals surface area (Å²) in [6.07, 6.45) is -5.59. The number of aliphatic hydroxyl groups excluding tert-OH is 1. The van der Waals surface area contributed by atoms with E-state index >= 15 is 8.78 Å². The van der Waals surface area contributed by atoms with Gasteiger partial charge in [-0.15, -0.1) is 0 Å². The van der Waals surface area contributed by atoms with Gasteiger partial charge in [0.2, 0.25) is 0 Å². The lowest BCUT2D eigenvalue weighted by molar-refractivity contribution is -0.149. The Hall–Kier alpha value is -2.57. The Labute approximate surface area is 246 Å². The van der Waals surface area contributed by atoms with Crippen molar-refractivity contribution in [3.8, 4) is 5.75 Å². The first-order valence-corrected chi connectivity index (χ1v) is 16.2. The second-order valence-corrected chi connectivity index (χ2v) is 13.7. The van der Waals surface area contributed by atoms with Crippen LogP contribution in [0, 0.1) is 0 Å². The molecule has 42 heavy (non-hydrogen) atoms. The highest BCUT2D eigenvalue weighted by molar-refractivity contribution is 8.09. The molecule has 8 atom stereocenters. The summed E-state index contributed by atoms with van der Waals surface area (Å²) in [5.41, 5.74) is -4.22. The predicted octanol–water partition coefficient (Wildman–Crippen LogP) is 3.08. The number of hydrogen-bond donors (Lipinski definition) is 3. The third-order valence-corrected chi connectivity index (χ3v) is 9.51. The summed E-state index contributed by atoms with van der Waals surface area (Å²) in [7, 11) is 1.76. The molecule has 1 aliphatic rings. The van der Waals surface area contributed by atoms with Crippen LogP contribution < -0.4 is 20.9 Å². The van der Waals surface area contributed by atoms with Crippen LogP contribution in [0.5, 0.6) is 5.75 Å². The molecular formula is C26H31F2N3O8P2S. The van der Waals surface area contributed by atoms with Gasteiger partial charge in [0.05, 0.1) is 12.7 Å². The van der Waals surface area contributed by atoms with Crippen molar-refractivity contribution in [2.75, 3.05) is 6.61 Å². The number of aromatic nitrogens is 2. The Morgan fingerprint density at radius 2 is 1.93 bits per heavy atom. The highest BCUT2D eigenvalue weighted by Gasteiger charge is 2.61. The van der Waals surface area contributed by atoms with Crippen molar-refractivity contribution in [3.63, 3.8) is 0 Å². The van der Waals surface area contributed by atoms with Crippen molar-refractivity contribution in [1.29, 1.82) is 0 Å². The second-order valence-electron chi connectivity index (χ2n) is 9.95. The van der Waals surface area contributed by atoms with Gasteiger partial charge in [0.15, 0.2) is 18.0 Å². The number of fused-ring (bicyclic) bond motifs is 1. The Bertz CT molecular complexity index is 1600. The maximum atomic E-state index is 15.7. The highest BCUT2D eigenvalue weighted by atomic mass is 32.5. The maximum absolute atomic E-state index is 15.7. The second kappa shape index (κ2) is 13.0. The zero-order valence-corrected chi connectivity index (χ0v) is 25.7. The number of esters is 1. The molecule has 11 nitrogen and oxygen atoms in total. The van der Waals surface area contributed by atoms with Crippen molar-refractivity contribution in [2.24, 2.45) is 0 Å². The van der Waals surface area contributed by atoms with Crippen LogP contribution in [-0.4, -0.2) is 63.2 Å². The van der Waals surface area contributed by atoms with Crippen LogP contribution in [0.1, 0.15) is 27.0 Å². The minimum Gasteiger partial charge on any atom is -0.462 e. The third-order valence-electron chi connectivity index (χ3n) is 6.48. The first-order chi connectivity index (χ1) is 19.8. The Kier molecular flexibility index (Phi) is 9.99. The SMILES string of the molecule is CC(C)OC(=O)[C@H](C)NP(=S)(OC[C@@]1(C(F)P)O[C@@H](n2ccc(=O)[nH]c2=O)[C@H](O)[C@H]1F)Oc1cccc2ccccc12. The van der Waals surface area contributed by atoms with E-state index < -0.39 is 72.6 Å². The number of nitrogens with one attached hydrogen (secondary N) is 2. The largest absolute Gasteiger partial charge is 0.462 e. The number of H-pyrrole nitrogens is 1. The molecule has 3 unspecified atom stereocenters. The van der Waals surface area contributed by atoms with Crippen molar-refractivity contribution in [1.82, 2.24) is 14.6 Å². The number of ether oxygens (including phenoxy) is 2. The van der Waals surface area contributed by atoms with Crippen LogP contribution >= 0.6 is 15.9 Å². The molecule has 4 rings (SSSR count). The van der Waals surface area contributed by atoms with Crippen molar-refractivity contribution >= 4 is 44.4 Å². The predicted molar refractivity (Wildman–Crippen MR) is 158 cm³/mol. The minimum atomic E-state index is -3.83. The summed E-state index contributed by atoms with van der Waals surface area (Å²) in [6, 6.07) is 12.4. The summed E-state index contributed by atoms with van der Waals surface area (Å²) < 4.78 is 54.6. The molecular weight excluding hydrogens is 614 g/mol. The van der Waals surface area contributed by atoms with E-state index in [1.807, 2.05) is 23.2 Å². The fourth-order valence-electron chi connectivity index (χ4n) is 4.36. The zero-order chi connectivity index (χ0) is 30.8. The number of aromatic amines is 1. The summed E-state index contributed by atoms with van der Waals surface area (Å²) >= 11 is 5.74. The standard InChI is InChI=1S/C26H31F2N3O8P2S/c1-14(2)37-23(34)15(3)30-41(42,39-18-10-6-8-16-7-4-5-9-17(16)18)36-13-26(24(28)40)21(27)20(33)22(38-26)31-12-11-19(32)29-25(31)35/h4-12,14-15,20-22,24,33H,13,40H2,1-3H3,(H,30,42)(H,29,32,35)/t15-,20+,21+,22+,24?,26+,41?/m0/s1. The maximum Gasteiger partial charge on any atom is 0.330 e. The fraction of sp³-hybridized carbons (Fsp3) is 0.423. The lowest BCUT2D eigenvalue weighted by Gasteiger charge is -2.35. The number of benzene rings is 2. The van der Waals surface area contributed by atoms with Gasteiger partial charge in [-0.25, -0.2) is 18.7 Å². The Morgan fingerprint density at radius 1 is 1.24 bits per heavy atom. The first-order valence-electron chi connectivity index (χ1n) is 12.9. The van der Waals surface area contributed by atoms with Gasteiger partial charge in [0.1, 0.15) is 23.8 Å². The molecule has 1 fully saturated rings. The molecule has 3 N–H and O–H groups in total. The molecule has 3 aromatic rings. The average molecular weight is 646 g/mol. The molecule has 0 bridgehead atoms. The van der Waals surface area contributed by atoms with E-state index in [2.05, 4.69) is 5.09 Å².